The SMILES string of the molecule is CC/C=C(\CCC)NC(=O)CC. The van der Waals surface area contributed by atoms with Gasteiger partial charge in [-0.2, -0.15) is 0 Å². The van der Waals surface area contributed by atoms with Gasteiger partial charge in [0.2, 0.25) is 5.91 Å². The van der Waals surface area contributed by atoms with Crippen molar-refractivity contribution in [1.29, 1.82) is 0 Å². The molecule has 1 amide bonds. The molecule has 0 radical (unpaired) electrons. The van der Waals surface area contributed by atoms with E-state index in [-0.39, 0.29) is 5.91 Å². The molecule has 2 nitrogen and oxygen atoms in total. The summed E-state index contributed by atoms with van der Waals surface area (Å²) in [6, 6.07) is 0. The molecule has 0 saturated heterocycles. The zero-order chi connectivity index (χ0) is 9.40. The van der Waals surface area contributed by atoms with Gasteiger partial charge >= 0.3 is 0 Å². The van der Waals surface area contributed by atoms with Crippen molar-refractivity contribution in [2.24, 2.45) is 0 Å². The van der Waals surface area contributed by atoms with E-state index < -0.39 is 0 Å². The van der Waals surface area contributed by atoms with E-state index in [1.54, 1.807) is 0 Å². The number of carbonyl (C=O) groups excluding carboxylic acids is 1. The number of nitrogens with one attached hydrogen (secondary N) is 1. The van der Waals surface area contributed by atoms with Gasteiger partial charge in [-0.1, -0.05) is 33.3 Å². The van der Waals surface area contributed by atoms with Gasteiger partial charge in [-0.05, 0) is 12.8 Å². The Hall–Kier alpha value is -0.790. The number of hydrogen-bond acceptors (Lipinski definition) is 1. The van der Waals surface area contributed by atoms with Gasteiger partial charge in [0, 0.05) is 12.1 Å². The van der Waals surface area contributed by atoms with Gasteiger partial charge in [0.1, 0.15) is 0 Å². The van der Waals surface area contributed by atoms with Gasteiger partial charge in [-0.3, -0.25) is 4.79 Å². The van der Waals surface area contributed by atoms with Crippen molar-refractivity contribution in [1.82, 2.24) is 5.32 Å². The maximum Gasteiger partial charge on any atom is 0.223 e. The Morgan fingerprint density at radius 1 is 1.33 bits per heavy atom. The largest absolute Gasteiger partial charge is 0.330 e. The molecule has 0 aromatic carbocycles. The average molecular weight is 169 g/mol. The Bertz CT molecular complexity index is 161. The van der Waals surface area contributed by atoms with Crippen LogP contribution in [0.3, 0.4) is 0 Å². The molecule has 0 rings (SSSR count). The Morgan fingerprint density at radius 2 is 2.00 bits per heavy atom. The van der Waals surface area contributed by atoms with Gasteiger partial charge in [0.25, 0.3) is 0 Å². The lowest BCUT2D eigenvalue weighted by molar-refractivity contribution is -0.120. The highest BCUT2D eigenvalue weighted by molar-refractivity contribution is 5.77. The fraction of sp³-hybridized carbons (Fsp3) is 0.700. The lowest BCUT2D eigenvalue weighted by atomic mass is 10.2. The molecule has 0 aliphatic rings. The molecule has 0 saturated carbocycles. The maximum atomic E-state index is 11.0. The van der Waals surface area contributed by atoms with Crippen LogP contribution in [0.25, 0.3) is 0 Å². The second-order valence-electron chi connectivity index (χ2n) is 2.79. The van der Waals surface area contributed by atoms with E-state index in [1.165, 1.54) is 0 Å². The summed E-state index contributed by atoms with van der Waals surface area (Å²) in [5.74, 6) is 0.114. The molecule has 0 spiro atoms. The van der Waals surface area contributed by atoms with Crippen molar-refractivity contribution in [3.8, 4) is 0 Å². The Balaban J connectivity index is 3.95. The number of carbonyl (C=O) groups is 1. The number of allylic oxidation sites excluding steroid dienone is 2. The molecule has 0 aromatic heterocycles. The van der Waals surface area contributed by atoms with E-state index in [0.717, 1.165) is 25.0 Å². The Labute approximate surface area is 75.0 Å². The van der Waals surface area contributed by atoms with E-state index in [4.69, 9.17) is 0 Å². The number of amides is 1. The monoisotopic (exact) mass is 169 g/mol. The number of hydrogen-bond donors (Lipinski definition) is 1. The first kappa shape index (κ1) is 11.2. The third-order valence-corrected chi connectivity index (χ3v) is 1.59. The summed E-state index contributed by atoms with van der Waals surface area (Å²) in [6.45, 7) is 6.06. The average Bonchev–Trinajstić information content (AvgIpc) is 2.05. The fourth-order valence-corrected chi connectivity index (χ4v) is 0.999. The van der Waals surface area contributed by atoms with Crippen LogP contribution in [0.2, 0.25) is 0 Å². The summed E-state index contributed by atoms with van der Waals surface area (Å²) in [4.78, 5) is 11.0. The van der Waals surface area contributed by atoms with E-state index in [2.05, 4.69) is 25.2 Å². The second-order valence-corrected chi connectivity index (χ2v) is 2.79. The molecule has 1 N–H and O–H groups in total. The Morgan fingerprint density at radius 3 is 2.42 bits per heavy atom. The fourth-order valence-electron chi connectivity index (χ4n) is 0.999. The second kappa shape index (κ2) is 6.89. The predicted octanol–water partition coefficient (Wildman–Crippen LogP) is 2.61. The first-order valence-corrected chi connectivity index (χ1v) is 4.73. The van der Waals surface area contributed by atoms with Gasteiger partial charge in [0.15, 0.2) is 0 Å². The van der Waals surface area contributed by atoms with Crippen LogP contribution in [0, 0.1) is 0 Å². The summed E-state index contributed by atoms with van der Waals surface area (Å²) in [6.07, 6.45) is 5.68. The summed E-state index contributed by atoms with van der Waals surface area (Å²) in [7, 11) is 0. The van der Waals surface area contributed by atoms with Crippen LogP contribution in [0.15, 0.2) is 11.8 Å². The minimum Gasteiger partial charge on any atom is -0.330 e. The molecule has 12 heavy (non-hydrogen) atoms. The van der Waals surface area contributed by atoms with Gasteiger partial charge < -0.3 is 5.32 Å². The molecule has 0 aliphatic carbocycles. The molecule has 0 fully saturated rings. The van der Waals surface area contributed by atoms with Crippen LogP contribution in [0.4, 0.5) is 0 Å². The molecule has 0 heterocycles. The lowest BCUT2D eigenvalue weighted by Crippen LogP contribution is -2.21. The normalized spacial score (nSPS) is 11.4. The van der Waals surface area contributed by atoms with E-state index in [0.29, 0.717) is 6.42 Å². The molecular formula is C10H19NO. The molecule has 0 bridgehead atoms. The van der Waals surface area contributed by atoms with Crippen LogP contribution in [0.1, 0.15) is 46.5 Å². The quantitative estimate of drug-likeness (QED) is 0.673. The van der Waals surface area contributed by atoms with Crippen molar-refractivity contribution < 1.29 is 4.79 Å². The lowest BCUT2D eigenvalue weighted by Gasteiger charge is -2.06. The van der Waals surface area contributed by atoms with Crippen molar-refractivity contribution >= 4 is 5.91 Å². The molecule has 70 valence electrons. The van der Waals surface area contributed by atoms with Crippen molar-refractivity contribution in [3.05, 3.63) is 11.8 Å². The van der Waals surface area contributed by atoms with Crippen LogP contribution in [0.5, 0.6) is 0 Å². The van der Waals surface area contributed by atoms with E-state index in [9.17, 15) is 4.79 Å². The zero-order valence-corrected chi connectivity index (χ0v) is 8.31. The highest BCUT2D eigenvalue weighted by Gasteiger charge is 1.99. The van der Waals surface area contributed by atoms with Crippen LogP contribution in [-0.4, -0.2) is 5.91 Å². The maximum absolute atomic E-state index is 11.0. The first-order chi connectivity index (χ1) is 5.74. The summed E-state index contributed by atoms with van der Waals surface area (Å²) >= 11 is 0. The van der Waals surface area contributed by atoms with Crippen LogP contribution < -0.4 is 5.32 Å². The zero-order valence-electron chi connectivity index (χ0n) is 8.31. The van der Waals surface area contributed by atoms with Crippen molar-refractivity contribution in [2.45, 2.75) is 46.5 Å². The third-order valence-electron chi connectivity index (χ3n) is 1.59. The van der Waals surface area contributed by atoms with Crippen molar-refractivity contribution in [2.75, 3.05) is 0 Å². The molecule has 0 aliphatic heterocycles. The molecule has 2 heteroatoms. The van der Waals surface area contributed by atoms with Gasteiger partial charge in [0.05, 0.1) is 0 Å². The number of rotatable bonds is 5. The minimum absolute atomic E-state index is 0.114. The summed E-state index contributed by atoms with van der Waals surface area (Å²) in [5, 5.41) is 2.89. The standard InChI is InChI=1S/C10H19NO/c1-4-7-9(8-5-2)11-10(12)6-3/h7H,4-6,8H2,1-3H3,(H,11,12)/b9-7+. The highest BCUT2D eigenvalue weighted by Crippen LogP contribution is 2.02. The molecule has 0 unspecified atom stereocenters. The topological polar surface area (TPSA) is 29.1 Å². The van der Waals surface area contributed by atoms with Crippen molar-refractivity contribution in [3.63, 3.8) is 0 Å². The molecule has 0 atom stereocenters. The van der Waals surface area contributed by atoms with Crippen LogP contribution in [-0.2, 0) is 4.79 Å². The summed E-state index contributed by atoms with van der Waals surface area (Å²) < 4.78 is 0. The van der Waals surface area contributed by atoms with E-state index >= 15 is 0 Å². The molecule has 0 aromatic rings. The van der Waals surface area contributed by atoms with E-state index in [1.807, 2.05) is 6.92 Å². The first-order valence-electron chi connectivity index (χ1n) is 4.73. The van der Waals surface area contributed by atoms with Gasteiger partial charge in [-0.25, -0.2) is 0 Å². The van der Waals surface area contributed by atoms with Crippen LogP contribution >= 0.6 is 0 Å². The summed E-state index contributed by atoms with van der Waals surface area (Å²) in [5.41, 5.74) is 1.08. The van der Waals surface area contributed by atoms with Gasteiger partial charge in [-0.15, -0.1) is 0 Å². The third kappa shape index (κ3) is 4.94. The minimum atomic E-state index is 0.114. The molecular weight excluding hydrogens is 150 g/mol. The highest BCUT2D eigenvalue weighted by atomic mass is 16.1. The smallest absolute Gasteiger partial charge is 0.223 e. The Kier molecular flexibility index (Phi) is 6.44. The predicted molar refractivity (Wildman–Crippen MR) is 51.7 cm³/mol.